The number of hydrogen-bond donors (Lipinski definition) is 6. The quantitative estimate of drug-likeness (QED) is 0.286. The largest absolute Gasteiger partial charge is 0.465 e. The van der Waals surface area contributed by atoms with E-state index in [4.69, 9.17) is 5.11 Å². The minimum Gasteiger partial charge on any atom is -0.465 e. The molecule has 10 heteroatoms. The summed E-state index contributed by atoms with van der Waals surface area (Å²) in [5.41, 5.74) is 0. The van der Waals surface area contributed by atoms with Gasteiger partial charge in [0, 0.05) is 18.5 Å². The smallest absolute Gasteiger partial charge is 0.405 e. The van der Waals surface area contributed by atoms with Crippen molar-refractivity contribution in [3.8, 4) is 0 Å². The molecule has 158 valence electrons. The molecular formula is C18H30N4O6. The number of hydrogen-bond acceptors (Lipinski definition) is 5. The van der Waals surface area contributed by atoms with Crippen LogP contribution in [-0.2, 0) is 14.4 Å². The highest BCUT2D eigenvalue weighted by Gasteiger charge is 2.37. The number of aliphatic hydroxyl groups is 1. The normalized spacial score (nSPS) is 22.1. The molecule has 0 aromatic rings. The summed E-state index contributed by atoms with van der Waals surface area (Å²) >= 11 is 0. The molecule has 1 heterocycles. The van der Waals surface area contributed by atoms with Gasteiger partial charge in [0.1, 0.15) is 6.04 Å². The molecule has 10 nitrogen and oxygen atoms in total. The van der Waals surface area contributed by atoms with Crippen molar-refractivity contribution in [3.05, 3.63) is 0 Å². The zero-order valence-electron chi connectivity index (χ0n) is 16.2. The average molecular weight is 398 g/mol. The molecule has 2 rings (SSSR count). The monoisotopic (exact) mass is 398 g/mol. The van der Waals surface area contributed by atoms with Gasteiger partial charge in [-0.3, -0.25) is 14.4 Å². The zero-order valence-corrected chi connectivity index (χ0v) is 16.2. The van der Waals surface area contributed by atoms with Gasteiger partial charge in [-0.25, -0.2) is 4.79 Å². The van der Waals surface area contributed by atoms with Gasteiger partial charge < -0.3 is 31.5 Å². The predicted molar refractivity (Wildman–Crippen MR) is 99.2 cm³/mol. The molecule has 6 N–H and O–H groups in total. The van der Waals surface area contributed by atoms with Crippen molar-refractivity contribution in [1.82, 2.24) is 21.3 Å². The summed E-state index contributed by atoms with van der Waals surface area (Å²) in [6.45, 7) is 4.20. The minimum absolute atomic E-state index is 0.0376. The van der Waals surface area contributed by atoms with Gasteiger partial charge >= 0.3 is 6.09 Å². The van der Waals surface area contributed by atoms with Gasteiger partial charge in [0.15, 0.2) is 6.10 Å². The number of aliphatic hydroxyl groups excluding tert-OH is 1. The fourth-order valence-electron chi connectivity index (χ4n) is 3.28. The Labute approximate surface area is 163 Å². The minimum atomic E-state index is -1.53. The molecule has 0 radical (unpaired) electrons. The summed E-state index contributed by atoms with van der Waals surface area (Å²) < 4.78 is 0. The van der Waals surface area contributed by atoms with E-state index in [-0.39, 0.29) is 30.7 Å². The third-order valence-corrected chi connectivity index (χ3v) is 4.92. The summed E-state index contributed by atoms with van der Waals surface area (Å²) in [5, 5.41) is 29.6. The van der Waals surface area contributed by atoms with Crippen molar-refractivity contribution in [2.24, 2.45) is 11.8 Å². The van der Waals surface area contributed by atoms with Crippen molar-refractivity contribution in [1.29, 1.82) is 0 Å². The summed E-state index contributed by atoms with van der Waals surface area (Å²) in [5.74, 6) is -1.79. The summed E-state index contributed by atoms with van der Waals surface area (Å²) in [6.07, 6.45) is -0.261. The lowest BCUT2D eigenvalue weighted by Crippen LogP contribution is -2.56. The summed E-state index contributed by atoms with van der Waals surface area (Å²) in [7, 11) is 0. The van der Waals surface area contributed by atoms with E-state index in [1.165, 1.54) is 0 Å². The molecule has 0 aromatic carbocycles. The van der Waals surface area contributed by atoms with E-state index in [1.807, 2.05) is 13.8 Å². The molecule has 0 spiro atoms. The van der Waals surface area contributed by atoms with Gasteiger partial charge in [0.25, 0.3) is 5.91 Å². The van der Waals surface area contributed by atoms with Crippen LogP contribution in [0.25, 0.3) is 0 Å². The Kier molecular flexibility index (Phi) is 7.61. The molecule has 1 aliphatic carbocycles. The van der Waals surface area contributed by atoms with Gasteiger partial charge in [-0.2, -0.15) is 0 Å². The van der Waals surface area contributed by atoms with E-state index in [0.717, 1.165) is 12.8 Å². The van der Waals surface area contributed by atoms with Gasteiger partial charge in [-0.15, -0.1) is 0 Å². The lowest BCUT2D eigenvalue weighted by atomic mass is 9.93. The molecular weight excluding hydrogens is 368 g/mol. The van der Waals surface area contributed by atoms with E-state index >= 15 is 0 Å². The third kappa shape index (κ3) is 6.66. The van der Waals surface area contributed by atoms with Crippen LogP contribution >= 0.6 is 0 Å². The average Bonchev–Trinajstić information content (AvgIpc) is 3.32. The second kappa shape index (κ2) is 9.72. The van der Waals surface area contributed by atoms with E-state index in [9.17, 15) is 24.3 Å². The first kappa shape index (κ1) is 21.9. The Balaban J connectivity index is 2.08. The molecule has 1 aliphatic heterocycles. The van der Waals surface area contributed by atoms with Crippen molar-refractivity contribution in [2.75, 3.05) is 6.54 Å². The fourth-order valence-corrected chi connectivity index (χ4v) is 3.28. The lowest BCUT2D eigenvalue weighted by Gasteiger charge is -2.28. The second-order valence-electron chi connectivity index (χ2n) is 7.99. The van der Waals surface area contributed by atoms with Gasteiger partial charge in [0.05, 0.1) is 6.04 Å². The van der Waals surface area contributed by atoms with E-state index in [1.54, 1.807) is 0 Å². The second-order valence-corrected chi connectivity index (χ2v) is 7.99. The van der Waals surface area contributed by atoms with Crippen LogP contribution in [0.5, 0.6) is 0 Å². The van der Waals surface area contributed by atoms with Crippen molar-refractivity contribution >= 4 is 23.8 Å². The summed E-state index contributed by atoms with van der Waals surface area (Å²) in [6, 6.07) is -1.97. The number of carbonyl (C=O) groups excluding carboxylic acids is 3. The molecule has 2 aliphatic rings. The van der Waals surface area contributed by atoms with Crippen LogP contribution in [-0.4, -0.2) is 64.8 Å². The molecule has 0 aromatic heterocycles. The van der Waals surface area contributed by atoms with E-state index in [0.29, 0.717) is 13.0 Å². The maximum absolute atomic E-state index is 12.7. The summed E-state index contributed by atoms with van der Waals surface area (Å²) in [4.78, 5) is 47.9. The molecule has 0 bridgehead atoms. The third-order valence-electron chi connectivity index (χ3n) is 4.92. The number of carbonyl (C=O) groups is 4. The van der Waals surface area contributed by atoms with E-state index < -0.39 is 42.0 Å². The highest BCUT2D eigenvalue weighted by molar-refractivity contribution is 5.88. The molecule has 28 heavy (non-hydrogen) atoms. The Hall–Kier alpha value is -2.36. The van der Waals surface area contributed by atoms with Crippen LogP contribution in [0, 0.1) is 11.8 Å². The van der Waals surface area contributed by atoms with E-state index in [2.05, 4.69) is 21.3 Å². The molecule has 1 saturated heterocycles. The van der Waals surface area contributed by atoms with Crippen molar-refractivity contribution in [2.45, 2.75) is 70.2 Å². The van der Waals surface area contributed by atoms with Gasteiger partial charge in [-0.1, -0.05) is 13.8 Å². The molecule has 1 saturated carbocycles. The van der Waals surface area contributed by atoms with Gasteiger partial charge in [-0.05, 0) is 38.0 Å². The predicted octanol–water partition coefficient (Wildman–Crippen LogP) is -0.681. The van der Waals surface area contributed by atoms with Gasteiger partial charge in [0.2, 0.25) is 11.8 Å². The molecule has 4 amide bonds. The highest BCUT2D eigenvalue weighted by atomic mass is 16.4. The maximum atomic E-state index is 12.7. The van der Waals surface area contributed by atoms with Crippen LogP contribution in [0.4, 0.5) is 4.79 Å². The first-order chi connectivity index (χ1) is 13.2. The number of carboxylic acid groups (broad SMARTS) is 1. The Bertz CT molecular complexity index is 607. The highest BCUT2D eigenvalue weighted by Crippen LogP contribution is 2.21. The van der Waals surface area contributed by atoms with Crippen molar-refractivity contribution < 1.29 is 29.4 Å². The van der Waals surface area contributed by atoms with Crippen LogP contribution in [0.15, 0.2) is 0 Å². The zero-order chi connectivity index (χ0) is 20.8. The Morgan fingerprint density at radius 1 is 1.14 bits per heavy atom. The number of rotatable bonds is 10. The fraction of sp³-hybridized carbons (Fsp3) is 0.778. The molecule has 4 atom stereocenters. The Morgan fingerprint density at radius 2 is 1.82 bits per heavy atom. The topological polar surface area (TPSA) is 157 Å². The molecule has 1 unspecified atom stereocenters. The van der Waals surface area contributed by atoms with Crippen LogP contribution < -0.4 is 21.3 Å². The molecule has 2 fully saturated rings. The first-order valence-electron chi connectivity index (χ1n) is 9.73. The number of nitrogens with one attached hydrogen (secondary N) is 4. The first-order valence-corrected chi connectivity index (χ1v) is 9.73. The van der Waals surface area contributed by atoms with Crippen molar-refractivity contribution in [3.63, 3.8) is 0 Å². The maximum Gasteiger partial charge on any atom is 0.405 e. The van der Waals surface area contributed by atoms with Crippen LogP contribution in [0.1, 0.15) is 46.0 Å². The number of amides is 4. The standard InChI is InChI=1S/C18H30N4O6/c1-9(2)7-13(22-18(27)28)16(25)21-12(8-10-5-6-19-15(10)24)14(23)17(26)20-11-3-4-11/h9-14,22-23H,3-8H2,1-2H3,(H,19,24)(H,20,26)(H,21,25)(H,27,28)/t10-,12+,13-,14?/m0/s1. The Morgan fingerprint density at radius 3 is 2.32 bits per heavy atom. The van der Waals surface area contributed by atoms with Crippen LogP contribution in [0.2, 0.25) is 0 Å². The SMILES string of the molecule is CC(C)C[C@H](NC(=O)O)C(=O)N[C@H](C[C@@H]1CCNC1=O)C(O)C(=O)NC1CC1. The van der Waals surface area contributed by atoms with Crippen LogP contribution in [0.3, 0.4) is 0 Å². The lowest BCUT2D eigenvalue weighted by molar-refractivity contribution is -0.134.